The topological polar surface area (TPSA) is 3.24 Å². The summed E-state index contributed by atoms with van der Waals surface area (Å²) < 4.78 is 0. The van der Waals surface area contributed by atoms with Crippen molar-refractivity contribution in [2.75, 3.05) is 13.1 Å². The van der Waals surface area contributed by atoms with Crippen LogP contribution in [0.4, 0.5) is 0 Å². The summed E-state index contributed by atoms with van der Waals surface area (Å²) in [5.74, 6) is 0.947. The Balaban J connectivity index is 2.81. The Labute approximate surface area is 83.5 Å². The molecule has 1 heteroatoms. The smallest absolute Gasteiger partial charge is 0.0232 e. The summed E-state index contributed by atoms with van der Waals surface area (Å²) in [4.78, 5) is 2.71. The minimum Gasteiger partial charge on any atom is -0.298 e. The molecule has 0 bridgehead atoms. The van der Waals surface area contributed by atoms with Gasteiger partial charge in [-0.3, -0.25) is 4.90 Å². The highest BCUT2D eigenvalue weighted by Crippen LogP contribution is 2.41. The zero-order chi connectivity index (χ0) is 9.90. The number of nitrogens with zero attached hydrogens (tertiary/aromatic N) is 1. The van der Waals surface area contributed by atoms with Gasteiger partial charge >= 0.3 is 0 Å². The molecule has 0 spiro atoms. The van der Waals surface area contributed by atoms with Gasteiger partial charge < -0.3 is 0 Å². The van der Waals surface area contributed by atoms with Crippen LogP contribution in [-0.2, 0) is 0 Å². The lowest BCUT2D eigenvalue weighted by Gasteiger charge is -2.41. The van der Waals surface area contributed by atoms with E-state index >= 15 is 0 Å². The summed E-state index contributed by atoms with van der Waals surface area (Å²) in [6.07, 6.45) is 5.44. The molecular weight excluding hydrogens is 158 g/mol. The second kappa shape index (κ2) is 4.45. The van der Waals surface area contributed by atoms with Gasteiger partial charge in [0, 0.05) is 5.54 Å². The number of likely N-dealkylation sites (tertiary alicyclic amines) is 1. The first-order valence-electron chi connectivity index (χ1n) is 6.00. The number of hydrogen-bond donors (Lipinski definition) is 0. The van der Waals surface area contributed by atoms with Crippen molar-refractivity contribution in [3.8, 4) is 0 Å². The predicted octanol–water partition coefficient (Wildman–Crippen LogP) is 3.30. The Morgan fingerprint density at radius 3 is 2.15 bits per heavy atom. The lowest BCUT2D eigenvalue weighted by atomic mass is 9.79. The van der Waals surface area contributed by atoms with Crippen molar-refractivity contribution in [1.82, 2.24) is 4.90 Å². The monoisotopic (exact) mass is 183 g/mol. The van der Waals surface area contributed by atoms with Crippen molar-refractivity contribution in [2.45, 2.75) is 58.9 Å². The molecule has 0 aromatic heterocycles. The minimum absolute atomic E-state index is 0.545. The molecule has 1 aliphatic heterocycles. The summed E-state index contributed by atoms with van der Waals surface area (Å²) in [5, 5.41) is 0. The van der Waals surface area contributed by atoms with E-state index in [4.69, 9.17) is 0 Å². The molecule has 1 heterocycles. The Bertz CT molecular complexity index is 135. The average Bonchev–Trinajstić information content (AvgIpc) is 2.55. The number of hydrogen-bond acceptors (Lipinski definition) is 1. The summed E-state index contributed by atoms with van der Waals surface area (Å²) in [6.45, 7) is 11.9. The fourth-order valence-electron chi connectivity index (χ4n) is 3.39. The van der Waals surface area contributed by atoms with Crippen LogP contribution in [0.25, 0.3) is 0 Å². The van der Waals surface area contributed by atoms with Crippen LogP contribution in [0.3, 0.4) is 0 Å². The Morgan fingerprint density at radius 1 is 1.15 bits per heavy atom. The van der Waals surface area contributed by atoms with Crippen molar-refractivity contribution in [1.29, 1.82) is 0 Å². The Hall–Kier alpha value is -0.0400. The van der Waals surface area contributed by atoms with E-state index in [0.717, 1.165) is 5.92 Å². The van der Waals surface area contributed by atoms with Crippen LogP contribution in [0.15, 0.2) is 0 Å². The largest absolute Gasteiger partial charge is 0.298 e. The Morgan fingerprint density at radius 2 is 1.77 bits per heavy atom. The maximum Gasteiger partial charge on any atom is 0.0232 e. The third-order valence-corrected chi connectivity index (χ3v) is 4.24. The van der Waals surface area contributed by atoms with Crippen LogP contribution in [0.5, 0.6) is 0 Å². The van der Waals surface area contributed by atoms with Crippen LogP contribution in [0.1, 0.15) is 53.4 Å². The van der Waals surface area contributed by atoms with Gasteiger partial charge in [0.1, 0.15) is 0 Å². The molecule has 1 unspecified atom stereocenters. The molecule has 0 saturated carbocycles. The standard InChI is InChI=1S/C12H25N/c1-5-11-9-10-13(8-4)12(11,6-2)7-3/h11H,5-10H2,1-4H3. The predicted molar refractivity (Wildman–Crippen MR) is 59.0 cm³/mol. The first-order chi connectivity index (χ1) is 6.25. The van der Waals surface area contributed by atoms with Gasteiger partial charge in [0.15, 0.2) is 0 Å². The molecule has 0 aliphatic carbocycles. The van der Waals surface area contributed by atoms with Crippen LogP contribution < -0.4 is 0 Å². The summed E-state index contributed by atoms with van der Waals surface area (Å²) in [5.41, 5.74) is 0.545. The Kier molecular flexibility index (Phi) is 3.78. The highest BCUT2D eigenvalue weighted by molar-refractivity contribution is 4.99. The van der Waals surface area contributed by atoms with Crippen LogP contribution >= 0.6 is 0 Å². The number of rotatable bonds is 4. The van der Waals surface area contributed by atoms with Crippen molar-refractivity contribution in [2.24, 2.45) is 5.92 Å². The van der Waals surface area contributed by atoms with Gasteiger partial charge in [-0.05, 0) is 38.3 Å². The highest BCUT2D eigenvalue weighted by atomic mass is 15.2. The molecule has 0 N–H and O–H groups in total. The first kappa shape index (κ1) is 11.0. The summed E-state index contributed by atoms with van der Waals surface area (Å²) in [6, 6.07) is 0. The van der Waals surface area contributed by atoms with Crippen molar-refractivity contribution in [3.05, 3.63) is 0 Å². The van der Waals surface area contributed by atoms with Crippen molar-refractivity contribution >= 4 is 0 Å². The van der Waals surface area contributed by atoms with E-state index in [1.807, 2.05) is 0 Å². The van der Waals surface area contributed by atoms with Crippen molar-refractivity contribution in [3.63, 3.8) is 0 Å². The summed E-state index contributed by atoms with van der Waals surface area (Å²) >= 11 is 0. The van der Waals surface area contributed by atoms with Gasteiger partial charge in [-0.2, -0.15) is 0 Å². The van der Waals surface area contributed by atoms with Crippen molar-refractivity contribution < 1.29 is 0 Å². The zero-order valence-corrected chi connectivity index (χ0v) is 9.77. The molecule has 0 radical (unpaired) electrons. The third-order valence-electron chi connectivity index (χ3n) is 4.24. The molecule has 13 heavy (non-hydrogen) atoms. The summed E-state index contributed by atoms with van der Waals surface area (Å²) in [7, 11) is 0. The van der Waals surface area contributed by atoms with E-state index in [1.165, 1.54) is 38.8 Å². The molecule has 78 valence electrons. The van der Waals surface area contributed by atoms with E-state index in [9.17, 15) is 0 Å². The van der Waals surface area contributed by atoms with E-state index in [2.05, 4.69) is 32.6 Å². The molecule has 0 amide bonds. The fraction of sp³-hybridized carbons (Fsp3) is 1.00. The van der Waals surface area contributed by atoms with Gasteiger partial charge in [-0.25, -0.2) is 0 Å². The lowest BCUT2D eigenvalue weighted by Crippen LogP contribution is -2.46. The molecule has 0 aromatic rings. The van der Waals surface area contributed by atoms with Crippen LogP contribution in [0, 0.1) is 5.92 Å². The van der Waals surface area contributed by atoms with Gasteiger partial charge in [-0.15, -0.1) is 0 Å². The molecule has 0 aromatic carbocycles. The zero-order valence-electron chi connectivity index (χ0n) is 9.77. The van der Waals surface area contributed by atoms with Gasteiger partial charge in [0.25, 0.3) is 0 Å². The van der Waals surface area contributed by atoms with E-state index < -0.39 is 0 Å². The molecular formula is C12H25N. The van der Waals surface area contributed by atoms with Gasteiger partial charge in [0.2, 0.25) is 0 Å². The second-order valence-electron chi connectivity index (χ2n) is 4.28. The maximum absolute atomic E-state index is 2.71. The first-order valence-corrected chi connectivity index (χ1v) is 6.00. The fourth-order valence-corrected chi connectivity index (χ4v) is 3.39. The van der Waals surface area contributed by atoms with E-state index in [1.54, 1.807) is 0 Å². The van der Waals surface area contributed by atoms with Gasteiger partial charge in [-0.1, -0.05) is 34.1 Å². The normalized spacial score (nSPS) is 28.2. The minimum atomic E-state index is 0.545. The third kappa shape index (κ3) is 1.63. The molecule has 1 nitrogen and oxygen atoms in total. The maximum atomic E-state index is 2.71. The molecule has 1 rings (SSSR count). The quantitative estimate of drug-likeness (QED) is 0.646. The second-order valence-corrected chi connectivity index (χ2v) is 4.28. The average molecular weight is 183 g/mol. The van der Waals surface area contributed by atoms with Crippen LogP contribution in [-0.4, -0.2) is 23.5 Å². The SMILES string of the molecule is CCC1CCN(CC)C1(CC)CC. The highest BCUT2D eigenvalue weighted by Gasteiger charge is 2.43. The van der Waals surface area contributed by atoms with E-state index in [-0.39, 0.29) is 0 Å². The molecule has 1 saturated heterocycles. The molecule has 1 fully saturated rings. The molecule has 1 aliphatic rings. The lowest BCUT2D eigenvalue weighted by molar-refractivity contribution is 0.0932. The van der Waals surface area contributed by atoms with Crippen LogP contribution in [0.2, 0.25) is 0 Å². The van der Waals surface area contributed by atoms with Gasteiger partial charge in [0.05, 0.1) is 0 Å². The van der Waals surface area contributed by atoms with E-state index in [0.29, 0.717) is 5.54 Å². The molecule has 1 atom stereocenters.